The Morgan fingerprint density at radius 1 is 1.24 bits per heavy atom. The number of rotatable bonds is 5. The molecule has 1 aromatic carbocycles. The highest BCUT2D eigenvalue weighted by Crippen LogP contribution is 2.29. The fourth-order valence-electron chi connectivity index (χ4n) is 4.33. The van der Waals surface area contributed by atoms with Gasteiger partial charge in [0, 0.05) is 25.2 Å². The van der Waals surface area contributed by atoms with Crippen molar-refractivity contribution >= 4 is 16.9 Å². The lowest BCUT2D eigenvalue weighted by Crippen LogP contribution is -2.46. The van der Waals surface area contributed by atoms with Crippen LogP contribution in [-0.2, 0) is 7.05 Å². The number of hydrogen-bond donors (Lipinski definition) is 1. The van der Waals surface area contributed by atoms with Crippen LogP contribution in [0, 0.1) is 6.92 Å². The van der Waals surface area contributed by atoms with Crippen LogP contribution in [0.3, 0.4) is 0 Å². The molecule has 1 aliphatic rings. The number of hydrogen-bond acceptors (Lipinski definition) is 4. The highest BCUT2D eigenvalue weighted by molar-refractivity contribution is 6.07. The van der Waals surface area contributed by atoms with Crippen LogP contribution in [0.15, 0.2) is 36.4 Å². The van der Waals surface area contributed by atoms with Gasteiger partial charge in [-0.1, -0.05) is 37.3 Å². The molecule has 1 amide bonds. The third kappa shape index (κ3) is 3.77. The Bertz CT molecular complexity index is 1010. The van der Waals surface area contributed by atoms with E-state index in [1.807, 2.05) is 50.4 Å². The molecular formula is C23H29N5O. The van der Waals surface area contributed by atoms with Crippen molar-refractivity contribution in [2.24, 2.45) is 7.05 Å². The van der Waals surface area contributed by atoms with Crippen molar-refractivity contribution in [1.29, 1.82) is 0 Å². The van der Waals surface area contributed by atoms with Gasteiger partial charge in [-0.05, 0) is 45.3 Å². The topological polar surface area (TPSA) is 63.1 Å². The van der Waals surface area contributed by atoms with Gasteiger partial charge in [-0.15, -0.1) is 0 Å². The van der Waals surface area contributed by atoms with E-state index >= 15 is 0 Å². The van der Waals surface area contributed by atoms with E-state index in [9.17, 15) is 4.79 Å². The molecule has 4 rings (SSSR count). The van der Waals surface area contributed by atoms with Crippen molar-refractivity contribution in [3.8, 4) is 11.3 Å². The molecule has 1 fully saturated rings. The number of carbonyl (C=O) groups excluding carboxylic acids is 1. The van der Waals surface area contributed by atoms with Gasteiger partial charge in [0.15, 0.2) is 5.65 Å². The predicted molar refractivity (Wildman–Crippen MR) is 116 cm³/mol. The van der Waals surface area contributed by atoms with Crippen molar-refractivity contribution in [2.75, 3.05) is 19.6 Å². The summed E-state index contributed by atoms with van der Waals surface area (Å²) in [5.41, 5.74) is 4.14. The number of nitrogens with one attached hydrogen (secondary N) is 1. The van der Waals surface area contributed by atoms with Crippen LogP contribution >= 0.6 is 0 Å². The van der Waals surface area contributed by atoms with Gasteiger partial charge in [0.2, 0.25) is 0 Å². The molecule has 1 N–H and O–H groups in total. The number of piperidine rings is 1. The Morgan fingerprint density at radius 3 is 2.66 bits per heavy atom. The monoisotopic (exact) mass is 391 g/mol. The summed E-state index contributed by atoms with van der Waals surface area (Å²) in [5.74, 6) is 0.0967. The van der Waals surface area contributed by atoms with Crippen LogP contribution in [0.2, 0.25) is 0 Å². The van der Waals surface area contributed by atoms with Gasteiger partial charge >= 0.3 is 0 Å². The highest BCUT2D eigenvalue weighted by atomic mass is 16.2. The Hall–Kier alpha value is -2.73. The van der Waals surface area contributed by atoms with Gasteiger partial charge in [-0.2, -0.15) is 5.10 Å². The summed E-state index contributed by atoms with van der Waals surface area (Å²) in [6.07, 6.45) is 2.94. The molecule has 3 heterocycles. The average Bonchev–Trinajstić information content (AvgIpc) is 3.05. The summed E-state index contributed by atoms with van der Waals surface area (Å²) in [4.78, 5) is 20.8. The minimum atomic E-state index is 0.0967. The van der Waals surface area contributed by atoms with E-state index in [0.717, 1.165) is 66.9 Å². The molecule has 1 saturated heterocycles. The zero-order valence-electron chi connectivity index (χ0n) is 17.5. The minimum absolute atomic E-state index is 0.0967. The molecule has 3 aromatic rings. The predicted octanol–water partition coefficient (Wildman–Crippen LogP) is 3.55. The first kappa shape index (κ1) is 19.6. The smallest absolute Gasteiger partial charge is 0.255 e. The zero-order valence-corrected chi connectivity index (χ0v) is 17.5. The number of amides is 1. The highest BCUT2D eigenvalue weighted by Gasteiger charge is 2.28. The molecule has 0 atom stereocenters. The van der Waals surface area contributed by atoms with Crippen molar-refractivity contribution in [3.63, 3.8) is 0 Å². The Labute approximate surface area is 171 Å². The van der Waals surface area contributed by atoms with Crippen LogP contribution < -0.4 is 5.32 Å². The second-order valence-electron chi connectivity index (χ2n) is 7.81. The lowest BCUT2D eigenvalue weighted by molar-refractivity contribution is 0.0644. The molecule has 0 unspecified atom stereocenters. The van der Waals surface area contributed by atoms with Gasteiger partial charge in [0.25, 0.3) is 5.91 Å². The maximum Gasteiger partial charge on any atom is 0.255 e. The molecule has 6 nitrogen and oxygen atoms in total. The SMILES string of the molecule is CCCN(C(=O)c1cc(-c2ccccc2)nc2c1c(C)nn2C)C1CCNCC1. The number of carbonyl (C=O) groups is 1. The van der Waals surface area contributed by atoms with Crippen molar-refractivity contribution in [3.05, 3.63) is 47.7 Å². The molecule has 0 bridgehead atoms. The second-order valence-corrected chi connectivity index (χ2v) is 7.81. The van der Waals surface area contributed by atoms with E-state index < -0.39 is 0 Å². The summed E-state index contributed by atoms with van der Waals surface area (Å²) in [5, 5.41) is 8.83. The first-order valence-corrected chi connectivity index (χ1v) is 10.5. The van der Waals surface area contributed by atoms with Gasteiger partial charge in [-0.3, -0.25) is 9.48 Å². The van der Waals surface area contributed by atoms with Crippen LogP contribution in [0.1, 0.15) is 42.2 Å². The van der Waals surface area contributed by atoms with Crippen LogP contribution in [0.4, 0.5) is 0 Å². The first-order chi connectivity index (χ1) is 14.1. The van der Waals surface area contributed by atoms with Gasteiger partial charge < -0.3 is 10.2 Å². The van der Waals surface area contributed by atoms with E-state index in [4.69, 9.17) is 4.98 Å². The van der Waals surface area contributed by atoms with E-state index in [1.165, 1.54) is 0 Å². The summed E-state index contributed by atoms with van der Waals surface area (Å²) in [6, 6.07) is 12.3. The maximum atomic E-state index is 13.8. The van der Waals surface area contributed by atoms with Crippen molar-refractivity contribution in [2.45, 2.75) is 39.2 Å². The van der Waals surface area contributed by atoms with E-state index in [2.05, 4.69) is 22.2 Å². The zero-order chi connectivity index (χ0) is 20.4. The van der Waals surface area contributed by atoms with Crippen molar-refractivity contribution < 1.29 is 4.79 Å². The van der Waals surface area contributed by atoms with Gasteiger partial charge in [-0.25, -0.2) is 4.98 Å². The summed E-state index contributed by atoms with van der Waals surface area (Å²) >= 11 is 0. The molecular weight excluding hydrogens is 362 g/mol. The van der Waals surface area contributed by atoms with E-state index in [1.54, 1.807) is 4.68 Å². The van der Waals surface area contributed by atoms with E-state index in [-0.39, 0.29) is 11.9 Å². The maximum absolute atomic E-state index is 13.8. The Balaban J connectivity index is 1.85. The number of aromatic nitrogens is 3. The minimum Gasteiger partial charge on any atom is -0.336 e. The molecule has 152 valence electrons. The molecule has 29 heavy (non-hydrogen) atoms. The number of fused-ring (bicyclic) bond motifs is 1. The van der Waals surface area contributed by atoms with E-state index in [0.29, 0.717) is 5.56 Å². The molecule has 0 saturated carbocycles. The molecule has 0 radical (unpaired) electrons. The third-order valence-electron chi connectivity index (χ3n) is 5.74. The molecule has 1 aliphatic heterocycles. The molecule has 0 aliphatic carbocycles. The largest absolute Gasteiger partial charge is 0.336 e. The van der Waals surface area contributed by atoms with Crippen LogP contribution in [-0.4, -0.2) is 51.2 Å². The number of nitrogens with zero attached hydrogens (tertiary/aromatic N) is 4. The summed E-state index contributed by atoms with van der Waals surface area (Å²) in [7, 11) is 1.89. The van der Waals surface area contributed by atoms with Crippen LogP contribution in [0.5, 0.6) is 0 Å². The normalized spacial score (nSPS) is 15.0. The van der Waals surface area contributed by atoms with Crippen molar-refractivity contribution in [1.82, 2.24) is 25.0 Å². The molecule has 6 heteroatoms. The number of aryl methyl sites for hydroxylation is 2. The number of pyridine rings is 1. The summed E-state index contributed by atoms with van der Waals surface area (Å²) in [6.45, 7) is 6.79. The van der Waals surface area contributed by atoms with Gasteiger partial charge in [0.05, 0.1) is 22.3 Å². The standard InChI is InChI=1S/C23H29N5O/c1-4-14-28(18-10-12-24-13-11-18)23(29)19-15-20(17-8-6-5-7-9-17)25-22-21(19)16(2)26-27(22)3/h5-9,15,18,24H,4,10-14H2,1-3H3. The fraction of sp³-hybridized carbons (Fsp3) is 0.435. The second kappa shape index (κ2) is 8.33. The van der Waals surface area contributed by atoms with Crippen LogP contribution in [0.25, 0.3) is 22.3 Å². The lowest BCUT2D eigenvalue weighted by atomic mass is 10.0. The summed E-state index contributed by atoms with van der Waals surface area (Å²) < 4.78 is 1.78. The lowest BCUT2D eigenvalue weighted by Gasteiger charge is -2.35. The molecule has 2 aromatic heterocycles. The van der Waals surface area contributed by atoms with Gasteiger partial charge in [0.1, 0.15) is 0 Å². The molecule has 0 spiro atoms. The Kier molecular flexibility index (Phi) is 5.62. The third-order valence-corrected chi connectivity index (χ3v) is 5.74. The quantitative estimate of drug-likeness (QED) is 0.722. The first-order valence-electron chi connectivity index (χ1n) is 10.5. The Morgan fingerprint density at radius 2 is 1.97 bits per heavy atom. The fourth-order valence-corrected chi connectivity index (χ4v) is 4.33. The number of benzene rings is 1. The average molecular weight is 392 g/mol.